The van der Waals surface area contributed by atoms with Crippen LogP contribution in [-0.4, -0.2) is 43.1 Å². The van der Waals surface area contributed by atoms with E-state index in [0.717, 1.165) is 44.7 Å². The van der Waals surface area contributed by atoms with Gasteiger partial charge in [-0.25, -0.2) is 4.98 Å². The number of pyridine rings is 1. The standard InChI is InChI=1S/C15H22N4O/c1-3-12-9-19(8-11(2)17-12)14-4-6-16-15-13(14)5-7-18(15)10-20/h4,6,10-12,17H,3,5,7-9H2,1-2H3. The Kier molecular flexibility index (Phi) is 3.61. The highest BCUT2D eigenvalue weighted by molar-refractivity contribution is 5.80. The second kappa shape index (κ2) is 5.40. The van der Waals surface area contributed by atoms with Crippen LogP contribution in [0.2, 0.25) is 0 Å². The van der Waals surface area contributed by atoms with Gasteiger partial charge in [0.25, 0.3) is 0 Å². The molecule has 1 amide bonds. The zero-order valence-electron chi connectivity index (χ0n) is 12.2. The lowest BCUT2D eigenvalue weighted by atomic mass is 10.1. The van der Waals surface area contributed by atoms with Gasteiger partial charge >= 0.3 is 0 Å². The molecule has 1 fully saturated rings. The maximum Gasteiger partial charge on any atom is 0.215 e. The molecule has 2 aliphatic heterocycles. The Morgan fingerprint density at radius 3 is 3.10 bits per heavy atom. The maximum atomic E-state index is 11.1. The van der Waals surface area contributed by atoms with Crippen molar-refractivity contribution in [1.82, 2.24) is 10.3 Å². The van der Waals surface area contributed by atoms with Crippen molar-refractivity contribution in [3.8, 4) is 0 Å². The lowest BCUT2D eigenvalue weighted by Crippen LogP contribution is -2.55. The van der Waals surface area contributed by atoms with Gasteiger partial charge in [0.05, 0.1) is 0 Å². The molecule has 0 spiro atoms. The summed E-state index contributed by atoms with van der Waals surface area (Å²) in [6.07, 6.45) is 4.75. The molecule has 1 aromatic rings. The normalized spacial score (nSPS) is 25.7. The second-order valence-corrected chi connectivity index (χ2v) is 5.76. The number of piperazine rings is 1. The molecular formula is C15H22N4O. The van der Waals surface area contributed by atoms with Crippen LogP contribution in [0.3, 0.4) is 0 Å². The van der Waals surface area contributed by atoms with Crippen LogP contribution in [0.5, 0.6) is 0 Å². The van der Waals surface area contributed by atoms with E-state index < -0.39 is 0 Å². The number of nitrogens with zero attached hydrogens (tertiary/aromatic N) is 3. The number of aromatic nitrogens is 1. The van der Waals surface area contributed by atoms with Gasteiger partial charge in [-0.15, -0.1) is 0 Å². The van der Waals surface area contributed by atoms with E-state index in [1.807, 2.05) is 6.20 Å². The maximum absolute atomic E-state index is 11.1. The van der Waals surface area contributed by atoms with Gasteiger partial charge in [-0.05, 0) is 25.8 Å². The first-order valence-corrected chi connectivity index (χ1v) is 7.43. The van der Waals surface area contributed by atoms with Crippen LogP contribution in [-0.2, 0) is 11.2 Å². The average Bonchev–Trinajstić information content (AvgIpc) is 2.89. The summed E-state index contributed by atoms with van der Waals surface area (Å²) in [5.41, 5.74) is 2.48. The van der Waals surface area contributed by atoms with Gasteiger partial charge in [0.1, 0.15) is 5.82 Å². The minimum atomic E-state index is 0.487. The van der Waals surface area contributed by atoms with E-state index in [0.29, 0.717) is 12.1 Å². The van der Waals surface area contributed by atoms with Crippen molar-refractivity contribution in [3.63, 3.8) is 0 Å². The molecule has 1 N–H and O–H groups in total. The van der Waals surface area contributed by atoms with Gasteiger partial charge in [0.2, 0.25) is 6.41 Å². The molecule has 3 heterocycles. The first-order chi connectivity index (χ1) is 9.72. The summed E-state index contributed by atoms with van der Waals surface area (Å²) >= 11 is 0. The molecule has 0 aromatic carbocycles. The van der Waals surface area contributed by atoms with E-state index in [9.17, 15) is 4.79 Å². The van der Waals surface area contributed by atoms with Gasteiger partial charge in [-0.1, -0.05) is 6.92 Å². The van der Waals surface area contributed by atoms with E-state index >= 15 is 0 Å². The topological polar surface area (TPSA) is 48.5 Å². The number of anilines is 2. The van der Waals surface area contributed by atoms with Gasteiger partial charge in [0.15, 0.2) is 0 Å². The Bertz CT molecular complexity index is 505. The number of rotatable bonds is 3. The number of amides is 1. The van der Waals surface area contributed by atoms with E-state index in [1.165, 1.54) is 11.3 Å². The summed E-state index contributed by atoms with van der Waals surface area (Å²) in [6, 6.07) is 3.12. The minimum absolute atomic E-state index is 0.487. The van der Waals surface area contributed by atoms with Gasteiger partial charge in [-0.2, -0.15) is 0 Å². The smallest absolute Gasteiger partial charge is 0.215 e. The second-order valence-electron chi connectivity index (χ2n) is 5.76. The van der Waals surface area contributed by atoms with Crippen LogP contribution in [0, 0.1) is 0 Å². The van der Waals surface area contributed by atoms with Crippen LogP contribution in [0.25, 0.3) is 0 Å². The van der Waals surface area contributed by atoms with Gasteiger partial charge < -0.3 is 10.2 Å². The minimum Gasteiger partial charge on any atom is -0.368 e. The Labute approximate surface area is 120 Å². The Balaban J connectivity index is 1.91. The van der Waals surface area contributed by atoms with Crippen molar-refractivity contribution < 1.29 is 4.79 Å². The summed E-state index contributed by atoms with van der Waals surface area (Å²) in [5, 5.41) is 3.63. The molecule has 0 aliphatic carbocycles. The van der Waals surface area contributed by atoms with Crippen LogP contribution in [0.15, 0.2) is 12.3 Å². The predicted octanol–water partition coefficient (Wildman–Crippen LogP) is 1.18. The quantitative estimate of drug-likeness (QED) is 0.841. The zero-order valence-corrected chi connectivity index (χ0v) is 12.2. The van der Waals surface area contributed by atoms with Gasteiger partial charge in [-0.3, -0.25) is 9.69 Å². The number of hydrogen-bond acceptors (Lipinski definition) is 4. The van der Waals surface area contributed by atoms with Crippen molar-refractivity contribution in [2.75, 3.05) is 29.4 Å². The third kappa shape index (κ3) is 2.26. The predicted molar refractivity (Wildman–Crippen MR) is 80.2 cm³/mol. The summed E-state index contributed by atoms with van der Waals surface area (Å²) in [6.45, 7) is 7.24. The molecule has 2 unspecified atom stereocenters. The molecule has 20 heavy (non-hydrogen) atoms. The summed E-state index contributed by atoms with van der Waals surface area (Å²) in [7, 11) is 0. The molecule has 1 saturated heterocycles. The molecule has 0 bridgehead atoms. The lowest BCUT2D eigenvalue weighted by Gasteiger charge is -2.39. The molecule has 2 aliphatic rings. The molecule has 0 saturated carbocycles. The van der Waals surface area contributed by atoms with Crippen molar-refractivity contribution >= 4 is 17.9 Å². The van der Waals surface area contributed by atoms with Crippen LogP contribution in [0.1, 0.15) is 25.8 Å². The fourth-order valence-electron chi connectivity index (χ4n) is 3.32. The first kappa shape index (κ1) is 13.4. The van der Waals surface area contributed by atoms with E-state index in [4.69, 9.17) is 0 Å². The van der Waals surface area contributed by atoms with Crippen molar-refractivity contribution in [3.05, 3.63) is 17.8 Å². The van der Waals surface area contributed by atoms with Crippen molar-refractivity contribution in [2.45, 2.75) is 38.8 Å². The zero-order chi connectivity index (χ0) is 14.1. The SMILES string of the molecule is CCC1CN(c2ccnc3c2CCN3C=O)CC(C)N1. The third-order valence-corrected chi connectivity index (χ3v) is 4.30. The highest BCUT2D eigenvalue weighted by Crippen LogP contribution is 2.33. The number of hydrogen-bond donors (Lipinski definition) is 1. The fraction of sp³-hybridized carbons (Fsp3) is 0.600. The molecule has 3 rings (SSSR count). The monoisotopic (exact) mass is 274 g/mol. The lowest BCUT2D eigenvalue weighted by molar-refractivity contribution is -0.107. The molecule has 2 atom stereocenters. The molecular weight excluding hydrogens is 252 g/mol. The molecule has 1 aromatic heterocycles. The molecule has 5 nitrogen and oxygen atoms in total. The number of nitrogens with one attached hydrogen (secondary N) is 1. The largest absolute Gasteiger partial charge is 0.368 e. The number of fused-ring (bicyclic) bond motifs is 1. The van der Waals surface area contributed by atoms with Crippen molar-refractivity contribution in [2.24, 2.45) is 0 Å². The Morgan fingerprint density at radius 2 is 2.35 bits per heavy atom. The molecule has 0 radical (unpaired) electrons. The highest BCUT2D eigenvalue weighted by Gasteiger charge is 2.28. The summed E-state index contributed by atoms with van der Waals surface area (Å²) in [5.74, 6) is 0.844. The van der Waals surface area contributed by atoms with E-state index in [1.54, 1.807) is 4.90 Å². The number of carbonyl (C=O) groups is 1. The van der Waals surface area contributed by atoms with Crippen LogP contribution in [0.4, 0.5) is 11.5 Å². The van der Waals surface area contributed by atoms with Crippen molar-refractivity contribution in [1.29, 1.82) is 0 Å². The van der Waals surface area contributed by atoms with E-state index in [-0.39, 0.29) is 0 Å². The summed E-state index contributed by atoms with van der Waals surface area (Å²) in [4.78, 5) is 19.6. The average molecular weight is 274 g/mol. The Hall–Kier alpha value is -1.62. The molecule has 108 valence electrons. The fourth-order valence-corrected chi connectivity index (χ4v) is 3.32. The first-order valence-electron chi connectivity index (χ1n) is 7.43. The van der Waals surface area contributed by atoms with E-state index in [2.05, 4.69) is 35.1 Å². The van der Waals surface area contributed by atoms with Gasteiger partial charge in [0, 0.05) is 49.2 Å². The number of carbonyl (C=O) groups excluding carboxylic acids is 1. The van der Waals surface area contributed by atoms with Crippen LogP contribution >= 0.6 is 0 Å². The third-order valence-electron chi connectivity index (χ3n) is 4.30. The van der Waals surface area contributed by atoms with Crippen LogP contribution < -0.4 is 15.1 Å². The highest BCUT2D eigenvalue weighted by atomic mass is 16.1. The molecule has 5 heteroatoms. The summed E-state index contributed by atoms with van der Waals surface area (Å²) < 4.78 is 0. The Morgan fingerprint density at radius 1 is 1.50 bits per heavy atom.